The summed E-state index contributed by atoms with van der Waals surface area (Å²) < 4.78 is 1.64. The van der Waals surface area contributed by atoms with Gasteiger partial charge in [-0.3, -0.25) is 19.2 Å². The summed E-state index contributed by atoms with van der Waals surface area (Å²) in [5.74, 6) is 6.13. The van der Waals surface area contributed by atoms with Gasteiger partial charge in [0.1, 0.15) is 6.29 Å². The van der Waals surface area contributed by atoms with Crippen molar-refractivity contribution in [3.8, 4) is 0 Å². The Kier molecular flexibility index (Phi) is 6.05. The summed E-state index contributed by atoms with van der Waals surface area (Å²) in [5, 5.41) is 0.987. The standard InChI is InChI=1S/C26H29N3O2/c1-3-5-18(2)28-12-10-20(11-13-28)24-16-29(27)25-9-8-22(15-23(24)25)26(31)21-7-4-6-19(14-21)17-30/h4,6-10,14-18H,3,5,11-13,27H2,1-2H3. The van der Waals surface area contributed by atoms with Crippen molar-refractivity contribution < 1.29 is 9.59 Å². The molecule has 0 aliphatic carbocycles. The molecular formula is C26H29N3O2. The van der Waals surface area contributed by atoms with Gasteiger partial charge in [-0.1, -0.05) is 37.6 Å². The molecule has 1 unspecified atom stereocenters. The van der Waals surface area contributed by atoms with Crippen molar-refractivity contribution in [3.63, 3.8) is 0 Å². The second kappa shape index (κ2) is 8.90. The number of benzene rings is 2. The van der Waals surface area contributed by atoms with E-state index >= 15 is 0 Å². The average molecular weight is 416 g/mol. The number of nitrogen functional groups attached to an aromatic ring is 1. The van der Waals surface area contributed by atoms with Crippen LogP contribution >= 0.6 is 0 Å². The van der Waals surface area contributed by atoms with Gasteiger partial charge in [-0.05, 0) is 49.6 Å². The fourth-order valence-corrected chi connectivity index (χ4v) is 4.50. The van der Waals surface area contributed by atoms with E-state index in [0.29, 0.717) is 22.7 Å². The Morgan fingerprint density at radius 3 is 2.71 bits per heavy atom. The lowest BCUT2D eigenvalue weighted by molar-refractivity contribution is 0.103. The molecule has 4 rings (SSSR count). The summed E-state index contributed by atoms with van der Waals surface area (Å²) in [5.41, 5.74) is 4.87. The van der Waals surface area contributed by atoms with Crippen LogP contribution < -0.4 is 5.84 Å². The fraction of sp³-hybridized carbons (Fsp3) is 0.308. The predicted molar refractivity (Wildman–Crippen MR) is 126 cm³/mol. The van der Waals surface area contributed by atoms with Crippen LogP contribution in [0.25, 0.3) is 16.5 Å². The van der Waals surface area contributed by atoms with Crippen LogP contribution in [0.2, 0.25) is 0 Å². The zero-order chi connectivity index (χ0) is 22.0. The molecule has 5 nitrogen and oxygen atoms in total. The van der Waals surface area contributed by atoms with E-state index in [9.17, 15) is 9.59 Å². The van der Waals surface area contributed by atoms with Crippen molar-refractivity contribution in [2.24, 2.45) is 0 Å². The minimum absolute atomic E-state index is 0.0986. The average Bonchev–Trinajstić information content (AvgIpc) is 3.14. The van der Waals surface area contributed by atoms with Crippen molar-refractivity contribution >= 4 is 28.5 Å². The number of nitrogens with zero attached hydrogens (tertiary/aromatic N) is 2. The third-order valence-corrected chi connectivity index (χ3v) is 6.30. The molecule has 2 heterocycles. The number of hydrogen-bond donors (Lipinski definition) is 1. The van der Waals surface area contributed by atoms with Gasteiger partial charge in [-0.15, -0.1) is 0 Å². The molecule has 3 aromatic rings. The van der Waals surface area contributed by atoms with E-state index in [1.165, 1.54) is 18.4 Å². The quantitative estimate of drug-likeness (QED) is 0.346. The van der Waals surface area contributed by atoms with Crippen molar-refractivity contribution in [2.75, 3.05) is 18.9 Å². The highest BCUT2D eigenvalue weighted by Gasteiger charge is 2.20. The van der Waals surface area contributed by atoms with E-state index in [1.807, 2.05) is 18.3 Å². The summed E-state index contributed by atoms with van der Waals surface area (Å²) >= 11 is 0. The molecule has 0 fully saturated rings. The lowest BCUT2D eigenvalue weighted by atomic mass is 9.95. The SMILES string of the molecule is CCCC(C)N1CC=C(c2cn(N)c3ccc(C(=O)c4cccc(C=O)c4)cc23)CC1. The first-order chi connectivity index (χ1) is 15.0. The van der Waals surface area contributed by atoms with Crippen LogP contribution in [0, 0.1) is 0 Å². The fourth-order valence-electron chi connectivity index (χ4n) is 4.50. The van der Waals surface area contributed by atoms with Crippen LogP contribution in [0.1, 0.15) is 65.0 Å². The molecule has 0 saturated carbocycles. The number of carbonyl (C=O) groups excluding carboxylic acids is 2. The summed E-state index contributed by atoms with van der Waals surface area (Å²) in [6, 6.07) is 13.0. The number of fused-ring (bicyclic) bond motifs is 1. The Hall–Kier alpha value is -3.18. The predicted octanol–water partition coefficient (Wildman–Crippen LogP) is 4.68. The first-order valence-corrected chi connectivity index (χ1v) is 11.0. The number of nitrogens with two attached hydrogens (primary N) is 1. The van der Waals surface area contributed by atoms with Crippen molar-refractivity contribution in [2.45, 2.75) is 39.2 Å². The molecular weight excluding hydrogens is 386 g/mol. The Morgan fingerprint density at radius 1 is 1.19 bits per heavy atom. The van der Waals surface area contributed by atoms with Gasteiger partial charge in [0.15, 0.2) is 5.78 Å². The molecule has 2 N–H and O–H groups in total. The van der Waals surface area contributed by atoms with E-state index in [0.717, 1.165) is 42.3 Å². The van der Waals surface area contributed by atoms with E-state index in [-0.39, 0.29) is 5.78 Å². The second-order valence-corrected chi connectivity index (χ2v) is 8.37. The van der Waals surface area contributed by atoms with Crippen LogP contribution in [0.4, 0.5) is 0 Å². The normalized spacial score (nSPS) is 15.6. The van der Waals surface area contributed by atoms with Gasteiger partial charge in [0.25, 0.3) is 0 Å². The molecule has 5 heteroatoms. The van der Waals surface area contributed by atoms with Crippen LogP contribution in [-0.2, 0) is 0 Å². The molecule has 2 aromatic carbocycles. The molecule has 0 spiro atoms. The van der Waals surface area contributed by atoms with Crippen molar-refractivity contribution in [1.29, 1.82) is 0 Å². The molecule has 0 radical (unpaired) electrons. The zero-order valence-corrected chi connectivity index (χ0v) is 18.2. The minimum atomic E-state index is -0.0986. The van der Waals surface area contributed by atoms with Gasteiger partial charge in [0.2, 0.25) is 0 Å². The molecule has 0 bridgehead atoms. The summed E-state index contributed by atoms with van der Waals surface area (Å²) in [6.07, 6.45) is 8.39. The lowest BCUT2D eigenvalue weighted by Gasteiger charge is -2.31. The van der Waals surface area contributed by atoms with E-state index in [4.69, 9.17) is 5.84 Å². The highest BCUT2D eigenvalue weighted by atomic mass is 16.1. The lowest BCUT2D eigenvalue weighted by Crippen LogP contribution is -2.36. The smallest absolute Gasteiger partial charge is 0.193 e. The summed E-state index contributed by atoms with van der Waals surface area (Å²) in [4.78, 5) is 26.7. The van der Waals surface area contributed by atoms with Gasteiger partial charge >= 0.3 is 0 Å². The number of aldehydes is 1. The van der Waals surface area contributed by atoms with Crippen LogP contribution in [0.15, 0.2) is 54.7 Å². The van der Waals surface area contributed by atoms with Crippen LogP contribution in [0.5, 0.6) is 0 Å². The van der Waals surface area contributed by atoms with Gasteiger partial charge < -0.3 is 5.84 Å². The van der Waals surface area contributed by atoms with E-state index < -0.39 is 0 Å². The van der Waals surface area contributed by atoms with E-state index in [1.54, 1.807) is 35.0 Å². The maximum atomic E-state index is 13.1. The molecule has 1 aliphatic rings. The number of ketones is 1. The third kappa shape index (κ3) is 4.19. The Labute approximate surface area is 183 Å². The van der Waals surface area contributed by atoms with Gasteiger partial charge in [-0.2, -0.15) is 0 Å². The Balaban J connectivity index is 1.67. The highest BCUT2D eigenvalue weighted by molar-refractivity contribution is 6.11. The van der Waals surface area contributed by atoms with Gasteiger partial charge in [-0.25, -0.2) is 0 Å². The number of hydrogen-bond acceptors (Lipinski definition) is 4. The summed E-state index contributed by atoms with van der Waals surface area (Å²) in [6.45, 7) is 6.49. The monoisotopic (exact) mass is 415 g/mol. The number of aromatic nitrogens is 1. The van der Waals surface area contributed by atoms with Crippen LogP contribution in [0.3, 0.4) is 0 Å². The molecule has 1 atom stereocenters. The highest BCUT2D eigenvalue weighted by Crippen LogP contribution is 2.32. The Bertz CT molecular complexity index is 1160. The minimum Gasteiger partial charge on any atom is -0.339 e. The molecule has 0 saturated heterocycles. The maximum absolute atomic E-state index is 13.1. The number of rotatable bonds is 7. The molecule has 1 aliphatic heterocycles. The van der Waals surface area contributed by atoms with Crippen molar-refractivity contribution in [1.82, 2.24) is 9.58 Å². The van der Waals surface area contributed by atoms with E-state index in [2.05, 4.69) is 24.8 Å². The number of carbonyl (C=O) groups is 2. The first kappa shape index (κ1) is 21.1. The maximum Gasteiger partial charge on any atom is 0.193 e. The Morgan fingerprint density at radius 2 is 2.00 bits per heavy atom. The molecule has 160 valence electrons. The largest absolute Gasteiger partial charge is 0.339 e. The van der Waals surface area contributed by atoms with Crippen molar-refractivity contribution in [3.05, 3.63) is 77.0 Å². The third-order valence-electron chi connectivity index (χ3n) is 6.30. The zero-order valence-electron chi connectivity index (χ0n) is 18.2. The topological polar surface area (TPSA) is 68.3 Å². The second-order valence-electron chi connectivity index (χ2n) is 8.37. The first-order valence-electron chi connectivity index (χ1n) is 11.0. The molecule has 31 heavy (non-hydrogen) atoms. The van der Waals surface area contributed by atoms with Gasteiger partial charge in [0.05, 0.1) is 5.52 Å². The van der Waals surface area contributed by atoms with Crippen LogP contribution in [-0.4, -0.2) is 40.8 Å². The summed E-state index contributed by atoms with van der Waals surface area (Å²) in [7, 11) is 0. The van der Waals surface area contributed by atoms with Gasteiger partial charge in [0, 0.05) is 53.0 Å². The molecule has 1 aromatic heterocycles. The molecule has 0 amide bonds.